The van der Waals surface area contributed by atoms with Crippen molar-refractivity contribution in [3.05, 3.63) is 0 Å². The van der Waals surface area contributed by atoms with Crippen molar-refractivity contribution in [1.29, 1.82) is 0 Å². The van der Waals surface area contributed by atoms with Crippen molar-refractivity contribution in [3.63, 3.8) is 0 Å². The van der Waals surface area contributed by atoms with Crippen molar-refractivity contribution in [2.24, 2.45) is 5.41 Å². The van der Waals surface area contributed by atoms with Crippen LogP contribution in [0.15, 0.2) is 0 Å². The normalized spacial score (nSPS) is 25.4. The predicted octanol–water partition coefficient (Wildman–Crippen LogP) is -2.41. The number of hydrogen-bond donors (Lipinski definition) is 14. The molecule has 15 unspecified atom stereocenters. The average Bonchev–Trinajstić information content (AvgIpc) is 0.822. The largest absolute Gasteiger partial charge is 0.394 e. The molecular weight excluding hydrogens is 1380 g/mol. The first-order chi connectivity index (χ1) is 49.5. The Labute approximate surface area is 610 Å². The van der Waals surface area contributed by atoms with E-state index in [4.69, 9.17) is 61.6 Å². The molecule has 15 atom stereocenters. The third-order valence-electron chi connectivity index (χ3n) is 16.4. The van der Waals surface area contributed by atoms with Gasteiger partial charge in [0.2, 0.25) is 29.5 Å². The Hall–Kier alpha value is -4.52. The predicted molar refractivity (Wildman–Crippen MR) is 369 cm³/mol. The minimum absolute atomic E-state index is 0.00574. The van der Waals surface area contributed by atoms with Crippen LogP contribution in [0.1, 0.15) is 151 Å². The molecule has 3 aliphatic rings. The summed E-state index contributed by atoms with van der Waals surface area (Å²) in [5.41, 5.74) is -0.725. The molecule has 3 heterocycles. The van der Waals surface area contributed by atoms with Crippen LogP contribution in [0.5, 0.6) is 0 Å². The summed E-state index contributed by atoms with van der Waals surface area (Å²) < 4.78 is 72.4. The van der Waals surface area contributed by atoms with Gasteiger partial charge < -0.3 is 134 Å². The highest BCUT2D eigenvalue weighted by molar-refractivity contribution is 5.82. The third-order valence-corrected chi connectivity index (χ3v) is 16.4. The van der Waals surface area contributed by atoms with E-state index in [2.05, 4.69) is 54.3 Å². The lowest BCUT2D eigenvalue weighted by atomic mass is 9.81. The van der Waals surface area contributed by atoms with Crippen LogP contribution in [0.4, 0.5) is 0 Å². The van der Waals surface area contributed by atoms with Gasteiger partial charge in [0, 0.05) is 111 Å². The van der Waals surface area contributed by atoms with Gasteiger partial charge in [0.1, 0.15) is 90.4 Å². The standard InChI is InChI=1S/C64H113N5O30.C5H12/c1-41(73)66-52-58(84)55(81)47(38-70)97-61(52)94-35-32-91-29-26-88-23-8-12-45(77)15-18-64(69-51(80)14-7-11-44(76)10-5-6-22-87-4,19-16-46(78)13-9-24-89-27-30-92-33-36-95-62-53(67-42(2)74)59(85)56(82)48(39-71)98-62)20-17-50(79)65-21-25-90-28-31-93-34-37-96-63-54(68-43(3)75)60(86)57(83)49(40-72)99-63;1-5(2,3)4/h47-49,52-63,70-72,81-86H,5-40H2,1-4H3,(H,65,79)(H,66,73)(H,67,74)(H,68,75)(H,69,80);1-4H3. The summed E-state index contributed by atoms with van der Waals surface area (Å²) in [6, 6.07) is -3.32. The van der Waals surface area contributed by atoms with E-state index in [1.807, 2.05) is 0 Å². The van der Waals surface area contributed by atoms with Crippen LogP contribution in [0.25, 0.3) is 0 Å². The van der Waals surface area contributed by atoms with Crippen LogP contribution in [0.2, 0.25) is 0 Å². The van der Waals surface area contributed by atoms with E-state index >= 15 is 0 Å². The number of carbonyl (C=O) groups is 8. The van der Waals surface area contributed by atoms with Gasteiger partial charge in [-0.1, -0.05) is 27.7 Å². The fraction of sp³-hybridized carbons (Fsp3) is 0.884. The van der Waals surface area contributed by atoms with E-state index in [1.165, 1.54) is 20.8 Å². The lowest BCUT2D eigenvalue weighted by Gasteiger charge is -2.42. The molecule has 5 amide bonds. The number of rotatable bonds is 57. The van der Waals surface area contributed by atoms with Crippen molar-refractivity contribution in [2.75, 3.05) is 139 Å². The highest BCUT2D eigenvalue weighted by atomic mass is 16.7. The van der Waals surface area contributed by atoms with Gasteiger partial charge in [-0.2, -0.15) is 0 Å². The number of aliphatic hydroxyl groups excluding tert-OH is 9. The number of aliphatic hydroxyl groups is 9. The number of amides is 5. The minimum Gasteiger partial charge on any atom is -0.394 e. The Morgan fingerprint density at radius 3 is 1.04 bits per heavy atom. The maximum absolute atomic E-state index is 13.9. The number of ether oxygens (including phenoxy) is 13. The second-order valence-electron chi connectivity index (χ2n) is 27.4. The number of ketones is 3. The van der Waals surface area contributed by atoms with E-state index in [9.17, 15) is 84.3 Å². The zero-order valence-corrected chi connectivity index (χ0v) is 62.2. The summed E-state index contributed by atoms with van der Waals surface area (Å²) in [6.07, 6.45) is -12.8. The molecule has 0 saturated carbocycles. The Morgan fingerprint density at radius 1 is 0.365 bits per heavy atom. The Kier molecular flexibility index (Phi) is 50.5. The zero-order valence-electron chi connectivity index (χ0n) is 62.2. The molecule has 35 nitrogen and oxygen atoms in total. The molecule has 0 aromatic heterocycles. The first kappa shape index (κ1) is 95.6. The maximum atomic E-state index is 13.9. The van der Waals surface area contributed by atoms with E-state index < -0.39 is 147 Å². The summed E-state index contributed by atoms with van der Waals surface area (Å²) in [5.74, 6) is -2.65. The molecule has 3 aliphatic heterocycles. The van der Waals surface area contributed by atoms with Gasteiger partial charge in [0.05, 0.1) is 106 Å². The summed E-state index contributed by atoms with van der Waals surface area (Å²) in [6.45, 7) is 12.6. The molecule has 0 bridgehead atoms. The van der Waals surface area contributed by atoms with E-state index in [-0.39, 0.29) is 194 Å². The number of Topliss-reactive ketones (excluding diaryl/α,β-unsaturated/α-hetero) is 3. The Morgan fingerprint density at radius 2 is 0.683 bits per heavy atom. The van der Waals surface area contributed by atoms with Gasteiger partial charge in [-0.05, 0) is 56.8 Å². The smallest absolute Gasteiger partial charge is 0.220 e. The molecule has 0 radical (unpaired) electrons. The van der Waals surface area contributed by atoms with Crippen molar-refractivity contribution in [1.82, 2.24) is 26.6 Å². The molecule has 14 N–H and O–H groups in total. The average molecular weight is 1500 g/mol. The topological polar surface area (TPSA) is 499 Å². The van der Waals surface area contributed by atoms with Crippen LogP contribution >= 0.6 is 0 Å². The third kappa shape index (κ3) is 41.7. The number of hydrogen-bond acceptors (Lipinski definition) is 30. The SMILES string of the molecule is CC(C)(C)C.COCCCCC(=O)CCCC(=O)NC(CCC(=O)CCCOCCOCCOC1OC(CO)C(O)C(O)C1NC(C)=O)(CCC(=O)CCCOCCOCCOC1OC(CO)C(O)C(O)C1NC(C)=O)CCC(=O)NCCOCCOCCOC1OC(CO)C(O)C(O)C1NC(C)=O. The highest BCUT2D eigenvalue weighted by Gasteiger charge is 2.48. The highest BCUT2D eigenvalue weighted by Crippen LogP contribution is 2.29. The second-order valence-corrected chi connectivity index (χ2v) is 27.4. The van der Waals surface area contributed by atoms with Crippen LogP contribution in [0, 0.1) is 5.41 Å². The molecule has 0 aromatic carbocycles. The first-order valence-electron chi connectivity index (χ1n) is 36.1. The number of nitrogens with one attached hydrogen (secondary N) is 5. The summed E-state index contributed by atoms with van der Waals surface area (Å²) in [5, 5.41) is 104. The van der Waals surface area contributed by atoms with Crippen LogP contribution in [0.3, 0.4) is 0 Å². The molecule has 0 aromatic rings. The molecule has 35 heteroatoms. The van der Waals surface area contributed by atoms with Crippen LogP contribution in [-0.2, 0) is 99.9 Å². The summed E-state index contributed by atoms with van der Waals surface area (Å²) in [4.78, 5) is 103. The molecule has 0 aliphatic carbocycles. The fourth-order valence-corrected chi connectivity index (χ4v) is 11.0. The minimum atomic E-state index is -1.47. The van der Waals surface area contributed by atoms with Gasteiger partial charge in [-0.3, -0.25) is 38.4 Å². The van der Waals surface area contributed by atoms with E-state index in [0.29, 0.717) is 44.1 Å². The molecule has 3 saturated heterocycles. The molecule has 104 heavy (non-hydrogen) atoms. The summed E-state index contributed by atoms with van der Waals surface area (Å²) >= 11 is 0. The van der Waals surface area contributed by atoms with Gasteiger partial charge in [-0.15, -0.1) is 0 Å². The van der Waals surface area contributed by atoms with Gasteiger partial charge >= 0.3 is 0 Å². The van der Waals surface area contributed by atoms with Crippen LogP contribution < -0.4 is 26.6 Å². The van der Waals surface area contributed by atoms with Crippen LogP contribution in [-0.4, -0.2) is 329 Å². The van der Waals surface area contributed by atoms with Gasteiger partial charge in [-0.25, -0.2) is 0 Å². The zero-order chi connectivity index (χ0) is 77.5. The first-order valence-corrected chi connectivity index (χ1v) is 36.1. The molecule has 3 fully saturated rings. The van der Waals surface area contributed by atoms with E-state index in [1.54, 1.807) is 7.11 Å². The van der Waals surface area contributed by atoms with Gasteiger partial charge in [0.15, 0.2) is 18.9 Å². The molecular formula is C69H125N5O30. The number of unbranched alkanes of at least 4 members (excludes halogenated alkanes) is 1. The summed E-state index contributed by atoms with van der Waals surface area (Å²) in [7, 11) is 1.58. The van der Waals surface area contributed by atoms with Crippen molar-refractivity contribution in [3.8, 4) is 0 Å². The number of methoxy groups -OCH3 is 1. The van der Waals surface area contributed by atoms with Crippen molar-refractivity contribution >= 4 is 46.9 Å². The van der Waals surface area contributed by atoms with Crippen molar-refractivity contribution < 1.29 is 146 Å². The maximum Gasteiger partial charge on any atom is 0.220 e. The number of carbonyl (C=O) groups excluding carboxylic acids is 8. The molecule has 606 valence electrons. The molecule has 0 spiro atoms. The van der Waals surface area contributed by atoms with E-state index in [0.717, 1.165) is 0 Å². The van der Waals surface area contributed by atoms with Gasteiger partial charge in [0.25, 0.3) is 0 Å². The molecule has 3 rings (SSSR count). The Balaban J connectivity index is 0.00000708. The second kappa shape index (κ2) is 55.0. The monoisotopic (exact) mass is 1500 g/mol. The quantitative estimate of drug-likeness (QED) is 0.0282. The lowest BCUT2D eigenvalue weighted by molar-refractivity contribution is -0.272. The Bertz CT molecular complexity index is 2190. The fourth-order valence-electron chi connectivity index (χ4n) is 11.0. The lowest BCUT2D eigenvalue weighted by Crippen LogP contribution is -2.64. The van der Waals surface area contributed by atoms with Crippen molar-refractivity contribution in [2.45, 2.75) is 249 Å².